The van der Waals surface area contributed by atoms with E-state index in [1.165, 1.54) is 0 Å². The molecule has 11 heavy (non-hydrogen) atoms. The molecule has 0 aliphatic carbocycles. The van der Waals surface area contributed by atoms with E-state index in [0.29, 0.717) is 0 Å². The van der Waals surface area contributed by atoms with Crippen molar-refractivity contribution in [2.45, 2.75) is 13.0 Å². The van der Waals surface area contributed by atoms with Crippen LogP contribution in [0.3, 0.4) is 0 Å². The van der Waals surface area contributed by atoms with Gasteiger partial charge in [-0.2, -0.15) is 0 Å². The Morgan fingerprint density at radius 3 is 2.91 bits per heavy atom. The third-order valence-corrected chi connectivity index (χ3v) is 1.26. The molecule has 1 unspecified atom stereocenters. The molecule has 0 bridgehead atoms. The number of hydrogen-bond acceptors (Lipinski definition) is 2. The molecule has 0 fully saturated rings. The average Bonchev–Trinajstić information content (AvgIpc) is 2.03. The van der Waals surface area contributed by atoms with Gasteiger partial charge in [0.15, 0.2) is 0 Å². The highest BCUT2D eigenvalue weighted by molar-refractivity contribution is 5.44. The van der Waals surface area contributed by atoms with Crippen LogP contribution in [0, 0.1) is 0 Å². The molecule has 0 amide bonds. The molecule has 2 heteroatoms. The van der Waals surface area contributed by atoms with Crippen LogP contribution in [0.5, 0.6) is 0 Å². The van der Waals surface area contributed by atoms with Crippen LogP contribution in [0.2, 0.25) is 0 Å². The number of nitrogens with zero attached hydrogens (tertiary/aromatic N) is 1. The smallest absolute Gasteiger partial charge is 0.0627 e. The molecule has 1 atom stereocenters. The predicted molar refractivity (Wildman–Crippen MR) is 46.9 cm³/mol. The van der Waals surface area contributed by atoms with E-state index in [9.17, 15) is 0 Å². The summed E-state index contributed by atoms with van der Waals surface area (Å²) in [6, 6.07) is 5.88. The molecule has 0 aliphatic rings. The largest absolute Gasteiger partial charge is 0.325 e. The zero-order valence-corrected chi connectivity index (χ0v) is 6.57. The standard InChI is InChI=1S/C9H12N2/c1-8(10)5-6-9-4-2-3-7-11-9/h2-8H,10H2,1H3/b6-5+. The topological polar surface area (TPSA) is 38.9 Å². The van der Waals surface area contributed by atoms with Gasteiger partial charge in [-0.1, -0.05) is 12.1 Å². The van der Waals surface area contributed by atoms with Crippen LogP contribution in [-0.4, -0.2) is 11.0 Å². The maximum absolute atomic E-state index is 5.53. The van der Waals surface area contributed by atoms with E-state index in [1.54, 1.807) is 6.20 Å². The summed E-state index contributed by atoms with van der Waals surface area (Å²) in [6.07, 6.45) is 5.61. The fourth-order valence-corrected chi connectivity index (χ4v) is 0.725. The van der Waals surface area contributed by atoms with Gasteiger partial charge in [-0.25, -0.2) is 0 Å². The summed E-state index contributed by atoms with van der Waals surface area (Å²) in [7, 11) is 0. The molecule has 0 spiro atoms. The predicted octanol–water partition coefficient (Wildman–Crippen LogP) is 1.44. The van der Waals surface area contributed by atoms with Crippen molar-refractivity contribution in [2.75, 3.05) is 0 Å². The van der Waals surface area contributed by atoms with Gasteiger partial charge in [0, 0.05) is 12.2 Å². The first kappa shape index (κ1) is 7.95. The maximum Gasteiger partial charge on any atom is 0.0627 e. The molecule has 2 nitrogen and oxygen atoms in total. The van der Waals surface area contributed by atoms with Crippen molar-refractivity contribution in [1.82, 2.24) is 4.98 Å². The highest BCUT2D eigenvalue weighted by Crippen LogP contribution is 1.96. The molecular formula is C9H12N2. The van der Waals surface area contributed by atoms with E-state index in [0.717, 1.165) is 5.69 Å². The summed E-state index contributed by atoms with van der Waals surface area (Å²) < 4.78 is 0. The highest BCUT2D eigenvalue weighted by Gasteiger charge is 1.85. The minimum Gasteiger partial charge on any atom is -0.325 e. The molecule has 0 aromatic carbocycles. The Bertz CT molecular complexity index is 227. The average molecular weight is 148 g/mol. The Morgan fingerprint density at radius 1 is 1.55 bits per heavy atom. The van der Waals surface area contributed by atoms with E-state index < -0.39 is 0 Å². The van der Waals surface area contributed by atoms with Crippen LogP contribution in [0.15, 0.2) is 30.5 Å². The van der Waals surface area contributed by atoms with Gasteiger partial charge in [0.2, 0.25) is 0 Å². The zero-order chi connectivity index (χ0) is 8.10. The lowest BCUT2D eigenvalue weighted by atomic mass is 10.2. The van der Waals surface area contributed by atoms with E-state index in [-0.39, 0.29) is 6.04 Å². The third-order valence-electron chi connectivity index (χ3n) is 1.26. The lowest BCUT2D eigenvalue weighted by molar-refractivity contribution is 0.930. The summed E-state index contributed by atoms with van der Waals surface area (Å²) in [4.78, 5) is 4.11. The Kier molecular flexibility index (Phi) is 2.81. The van der Waals surface area contributed by atoms with Gasteiger partial charge in [0.1, 0.15) is 0 Å². The number of pyridine rings is 1. The monoisotopic (exact) mass is 148 g/mol. The second kappa shape index (κ2) is 3.88. The number of hydrogen-bond donors (Lipinski definition) is 1. The Morgan fingerprint density at radius 2 is 2.36 bits per heavy atom. The second-order valence-electron chi connectivity index (χ2n) is 2.47. The Labute approximate surface area is 66.8 Å². The summed E-state index contributed by atoms with van der Waals surface area (Å²) in [5.74, 6) is 0. The van der Waals surface area contributed by atoms with Crippen molar-refractivity contribution < 1.29 is 0 Å². The van der Waals surface area contributed by atoms with E-state index >= 15 is 0 Å². The third kappa shape index (κ3) is 2.96. The minimum absolute atomic E-state index is 0.0945. The van der Waals surface area contributed by atoms with Gasteiger partial charge in [0.05, 0.1) is 5.69 Å². The molecule has 1 heterocycles. The van der Waals surface area contributed by atoms with Gasteiger partial charge in [0.25, 0.3) is 0 Å². The summed E-state index contributed by atoms with van der Waals surface area (Å²) in [6.45, 7) is 1.93. The van der Waals surface area contributed by atoms with Crippen molar-refractivity contribution in [3.8, 4) is 0 Å². The fourth-order valence-electron chi connectivity index (χ4n) is 0.725. The molecule has 2 N–H and O–H groups in total. The van der Waals surface area contributed by atoms with Crippen molar-refractivity contribution in [2.24, 2.45) is 5.73 Å². The van der Waals surface area contributed by atoms with Gasteiger partial charge in [-0.05, 0) is 25.1 Å². The Balaban J connectivity index is 2.65. The number of nitrogens with two attached hydrogens (primary N) is 1. The summed E-state index contributed by atoms with van der Waals surface area (Å²) >= 11 is 0. The first-order valence-electron chi connectivity index (χ1n) is 3.64. The van der Waals surface area contributed by atoms with Gasteiger partial charge in [-0.15, -0.1) is 0 Å². The molecule has 0 saturated carbocycles. The van der Waals surface area contributed by atoms with Crippen LogP contribution in [-0.2, 0) is 0 Å². The maximum atomic E-state index is 5.53. The molecule has 1 rings (SSSR count). The van der Waals surface area contributed by atoms with E-state index in [4.69, 9.17) is 5.73 Å². The fraction of sp³-hybridized carbons (Fsp3) is 0.222. The quantitative estimate of drug-likeness (QED) is 0.689. The van der Waals surface area contributed by atoms with Crippen molar-refractivity contribution >= 4 is 6.08 Å². The first-order valence-corrected chi connectivity index (χ1v) is 3.64. The normalized spacial score (nSPS) is 13.6. The lowest BCUT2D eigenvalue weighted by Gasteiger charge is -1.93. The SMILES string of the molecule is CC(N)/C=C/c1ccccn1. The summed E-state index contributed by atoms with van der Waals surface area (Å²) in [5.41, 5.74) is 6.47. The molecule has 58 valence electrons. The molecule has 0 radical (unpaired) electrons. The van der Waals surface area contributed by atoms with Gasteiger partial charge >= 0.3 is 0 Å². The molecular weight excluding hydrogens is 136 g/mol. The molecule has 1 aromatic heterocycles. The van der Waals surface area contributed by atoms with Gasteiger partial charge in [-0.3, -0.25) is 4.98 Å². The Hall–Kier alpha value is -1.15. The number of rotatable bonds is 2. The first-order chi connectivity index (χ1) is 5.29. The zero-order valence-electron chi connectivity index (χ0n) is 6.57. The molecule has 0 aliphatic heterocycles. The highest BCUT2D eigenvalue weighted by atomic mass is 14.7. The van der Waals surface area contributed by atoms with E-state index in [1.807, 2.05) is 37.3 Å². The van der Waals surface area contributed by atoms with Gasteiger partial charge < -0.3 is 5.73 Å². The van der Waals surface area contributed by atoms with E-state index in [2.05, 4.69) is 4.98 Å². The van der Waals surface area contributed by atoms with Crippen molar-refractivity contribution in [3.63, 3.8) is 0 Å². The van der Waals surface area contributed by atoms with Crippen molar-refractivity contribution in [1.29, 1.82) is 0 Å². The number of aromatic nitrogens is 1. The van der Waals surface area contributed by atoms with Crippen LogP contribution < -0.4 is 5.73 Å². The van der Waals surface area contributed by atoms with Crippen LogP contribution in [0.4, 0.5) is 0 Å². The van der Waals surface area contributed by atoms with Crippen LogP contribution in [0.25, 0.3) is 6.08 Å². The summed E-state index contributed by atoms with van der Waals surface area (Å²) in [5, 5.41) is 0. The minimum atomic E-state index is 0.0945. The second-order valence-corrected chi connectivity index (χ2v) is 2.47. The van der Waals surface area contributed by atoms with Crippen molar-refractivity contribution in [3.05, 3.63) is 36.2 Å². The lowest BCUT2D eigenvalue weighted by Crippen LogP contribution is -2.09. The molecule has 1 aromatic rings. The van der Waals surface area contributed by atoms with Crippen LogP contribution in [0.1, 0.15) is 12.6 Å². The van der Waals surface area contributed by atoms with Crippen LogP contribution >= 0.6 is 0 Å². The molecule has 0 saturated heterocycles.